The van der Waals surface area contributed by atoms with Crippen molar-refractivity contribution in [2.75, 3.05) is 5.73 Å². The number of aliphatic carboxylic acids is 2. The Kier molecular flexibility index (Phi) is 50.5. The predicted octanol–water partition coefficient (Wildman–Crippen LogP) is 13.7. The van der Waals surface area contributed by atoms with E-state index in [4.69, 9.17) is 26.2 Å². The molecule has 1 aromatic rings. The van der Waals surface area contributed by atoms with Gasteiger partial charge in [-0.1, -0.05) is 182 Å². The van der Waals surface area contributed by atoms with Gasteiger partial charge in [-0.05, 0) is 62.8 Å². The number of hydrogen-bond acceptors (Lipinski definition) is 5. The van der Waals surface area contributed by atoms with Gasteiger partial charge in [-0.15, -0.1) is 0 Å². The molecule has 0 atom stereocenters. The minimum Gasteiger partial charge on any atom is -0.481 e. The van der Waals surface area contributed by atoms with Gasteiger partial charge in [0.1, 0.15) is 0 Å². The number of hydrogen-bond donors (Lipinski definition) is 5. The van der Waals surface area contributed by atoms with Crippen molar-refractivity contribution < 1.29 is 56.5 Å². The molecule has 1 aromatic carbocycles. The van der Waals surface area contributed by atoms with Gasteiger partial charge in [0.25, 0.3) is 0 Å². The molecule has 322 valence electrons. The fourth-order valence-electron chi connectivity index (χ4n) is 5.82. The van der Waals surface area contributed by atoms with Crippen LogP contribution >= 0.6 is 0 Å². The number of rotatable bonds is 31. The maximum Gasteiger partial charge on any atom is 0.335 e. The number of aliphatic hydroxyl groups excluding tert-OH is 1. The average Bonchev–Trinajstić information content (AvgIpc) is 3.08. The smallest absolute Gasteiger partial charge is 0.335 e. The second-order valence-corrected chi connectivity index (χ2v) is 16.2. The molecule has 0 aromatic heterocycles. The van der Waals surface area contributed by atoms with Crippen molar-refractivity contribution >= 4 is 23.6 Å². The van der Waals surface area contributed by atoms with Crippen molar-refractivity contribution in [1.29, 1.82) is 0 Å². The molecule has 0 saturated carbocycles. The van der Waals surface area contributed by atoms with Crippen molar-refractivity contribution in [2.45, 2.75) is 227 Å². The monoisotopic (exact) mass is 814 g/mol. The van der Waals surface area contributed by atoms with Crippen molar-refractivity contribution in [1.82, 2.24) is 0 Å². The van der Waals surface area contributed by atoms with Crippen LogP contribution in [-0.4, -0.2) is 44.4 Å². The van der Waals surface area contributed by atoms with Gasteiger partial charge >= 0.3 is 17.9 Å². The van der Waals surface area contributed by atoms with E-state index in [-0.39, 0.29) is 33.4 Å². The fourth-order valence-corrected chi connectivity index (χ4v) is 5.82. The number of nitrogens with two attached hydrogens (primary N) is 1. The minimum absolute atomic E-state index is 0. The molecule has 0 saturated heterocycles. The summed E-state index contributed by atoms with van der Waals surface area (Å²) in [6.45, 7) is 12.7. The van der Waals surface area contributed by atoms with E-state index in [9.17, 15) is 14.4 Å². The molecule has 0 aliphatic rings. The van der Waals surface area contributed by atoms with E-state index >= 15 is 0 Å². The summed E-state index contributed by atoms with van der Waals surface area (Å²) in [4.78, 5) is 30.9. The van der Waals surface area contributed by atoms with Crippen LogP contribution in [0.3, 0.4) is 0 Å². The van der Waals surface area contributed by atoms with Crippen LogP contribution < -0.4 is 5.73 Å². The first-order valence-corrected chi connectivity index (χ1v) is 21.9. The number of benzene rings is 1. The summed E-state index contributed by atoms with van der Waals surface area (Å²) in [7, 11) is 0. The Morgan fingerprint density at radius 1 is 0.455 bits per heavy atom. The van der Waals surface area contributed by atoms with Gasteiger partial charge in [-0.3, -0.25) is 9.59 Å². The number of carbonyl (C=O) groups is 3. The Bertz CT molecular complexity index is 905. The number of carboxylic acid groups (broad SMARTS) is 3. The topological polar surface area (TPSA) is 158 Å². The summed E-state index contributed by atoms with van der Waals surface area (Å²) in [6, 6.07) is 6.06. The molecule has 0 heterocycles. The molecule has 0 aliphatic carbocycles. The zero-order valence-electron chi connectivity index (χ0n) is 36.4. The molecule has 1 rings (SSSR count). The van der Waals surface area contributed by atoms with Gasteiger partial charge in [-0.2, -0.15) is 0 Å². The van der Waals surface area contributed by atoms with Crippen LogP contribution in [0.1, 0.15) is 232 Å². The number of aliphatic hydroxyl groups is 1. The van der Waals surface area contributed by atoms with Crippen LogP contribution in [-0.2, 0) is 31.3 Å². The van der Waals surface area contributed by atoms with E-state index in [1.807, 2.05) is 0 Å². The first kappa shape index (κ1) is 59.8. The quantitative estimate of drug-likeness (QED) is 0.0281. The Hall–Kier alpha value is -1.90. The Morgan fingerprint density at radius 2 is 0.673 bits per heavy atom. The number of anilines is 1. The summed E-state index contributed by atoms with van der Waals surface area (Å²) >= 11 is 0. The van der Waals surface area contributed by atoms with Crippen molar-refractivity contribution in [3.63, 3.8) is 0 Å². The fraction of sp³-hybridized carbons (Fsp3) is 0.804. The van der Waals surface area contributed by atoms with E-state index in [0.717, 1.165) is 37.5 Å². The summed E-state index contributed by atoms with van der Waals surface area (Å²) < 4.78 is 0. The van der Waals surface area contributed by atoms with Crippen LogP contribution in [0.4, 0.5) is 5.69 Å². The van der Waals surface area contributed by atoms with Gasteiger partial charge in [0.15, 0.2) is 0 Å². The largest absolute Gasteiger partial charge is 0.481 e. The molecule has 0 unspecified atom stereocenters. The molecule has 0 amide bonds. The van der Waals surface area contributed by atoms with Crippen LogP contribution in [0, 0.1) is 11.8 Å². The molecule has 0 radical (unpaired) electrons. The van der Waals surface area contributed by atoms with Gasteiger partial charge in [0.05, 0.1) is 5.56 Å². The molecule has 9 heteroatoms. The zero-order valence-corrected chi connectivity index (χ0v) is 38.0. The van der Waals surface area contributed by atoms with E-state index in [0.29, 0.717) is 18.5 Å². The first-order valence-electron chi connectivity index (χ1n) is 21.9. The standard InChI is InChI=1S/2C18H36O2.C7H7NO2.C3H8O.Ti/c2*1-17(2)15-13-11-9-7-5-3-4-6-8-10-12-14-16-18(19)20;8-6-3-1-5(2-4-6)7(9)10;1-3(2)4;/h2*17H,3-16H2,1-2H3,(H,19,20);1-4H,8H2,(H,9,10);3-4H,1-2H3;. The molecule has 55 heavy (non-hydrogen) atoms. The SMILES string of the molecule is CC(C)CCCCCCCCCCCCCCC(=O)O.CC(C)CCCCCCCCCCCCCCC(=O)O.CC(C)O.Nc1ccc(C(=O)O)cc1.[Ti]. The van der Waals surface area contributed by atoms with E-state index < -0.39 is 17.9 Å². The van der Waals surface area contributed by atoms with Gasteiger partial charge < -0.3 is 26.2 Å². The number of carboxylic acids is 3. The average molecular weight is 814 g/mol. The molecular formula is C46H87NO7Ti. The second-order valence-electron chi connectivity index (χ2n) is 16.2. The third-order valence-electron chi connectivity index (χ3n) is 9.00. The van der Waals surface area contributed by atoms with Gasteiger partial charge in [0.2, 0.25) is 0 Å². The number of unbranched alkanes of at least 4 members (excludes halogenated alkanes) is 22. The molecule has 6 N–H and O–H groups in total. The van der Waals surface area contributed by atoms with Crippen LogP contribution in [0.15, 0.2) is 24.3 Å². The summed E-state index contributed by atoms with van der Waals surface area (Å²) in [5.41, 5.74) is 6.17. The molecule has 0 bridgehead atoms. The predicted molar refractivity (Wildman–Crippen MR) is 229 cm³/mol. The molecule has 0 spiro atoms. The Balaban J connectivity index is -0.000000349. The normalized spacial score (nSPS) is 10.4. The van der Waals surface area contributed by atoms with Crippen molar-refractivity contribution in [2.24, 2.45) is 11.8 Å². The summed E-state index contributed by atoms with van der Waals surface area (Å²) in [5, 5.41) is 33.5. The van der Waals surface area contributed by atoms with Crippen molar-refractivity contribution in [3.05, 3.63) is 29.8 Å². The molecule has 8 nitrogen and oxygen atoms in total. The second kappa shape index (κ2) is 46.5. The minimum atomic E-state index is -0.931. The maximum atomic E-state index is 10.3. The van der Waals surface area contributed by atoms with E-state index in [1.165, 1.54) is 153 Å². The van der Waals surface area contributed by atoms with Gasteiger partial charge in [0, 0.05) is 46.4 Å². The zero-order chi connectivity index (χ0) is 41.2. The number of aromatic carboxylic acids is 1. The van der Waals surface area contributed by atoms with Crippen LogP contribution in [0.25, 0.3) is 0 Å². The van der Waals surface area contributed by atoms with Gasteiger partial charge in [-0.25, -0.2) is 4.79 Å². The first-order chi connectivity index (χ1) is 25.7. The van der Waals surface area contributed by atoms with Crippen LogP contribution in [0.5, 0.6) is 0 Å². The molecular weight excluding hydrogens is 726 g/mol. The van der Waals surface area contributed by atoms with Crippen LogP contribution in [0.2, 0.25) is 0 Å². The summed E-state index contributed by atoms with van der Waals surface area (Å²) in [6.07, 6.45) is 34.5. The third-order valence-corrected chi connectivity index (χ3v) is 9.00. The maximum absolute atomic E-state index is 10.3. The molecule has 0 aliphatic heterocycles. The summed E-state index contributed by atoms with van der Waals surface area (Å²) in [5.74, 6) is -0.507. The number of nitrogen functional groups attached to an aromatic ring is 1. The van der Waals surface area contributed by atoms with E-state index in [1.54, 1.807) is 26.0 Å². The third kappa shape index (κ3) is 61.5. The van der Waals surface area contributed by atoms with E-state index in [2.05, 4.69) is 27.7 Å². The molecule has 0 fully saturated rings. The van der Waals surface area contributed by atoms with Crippen molar-refractivity contribution in [3.8, 4) is 0 Å². The Labute approximate surface area is 353 Å². The Morgan fingerprint density at radius 3 is 0.873 bits per heavy atom.